The molecule has 16 heavy (non-hydrogen) atoms. The molecule has 82 valence electrons. The van der Waals surface area contributed by atoms with Crippen molar-refractivity contribution in [3.63, 3.8) is 0 Å². The van der Waals surface area contributed by atoms with Crippen LogP contribution in [-0.2, 0) is 11.3 Å². The summed E-state index contributed by atoms with van der Waals surface area (Å²) in [5.41, 5.74) is 0.499. The van der Waals surface area contributed by atoms with Crippen molar-refractivity contribution in [2.45, 2.75) is 6.61 Å². The van der Waals surface area contributed by atoms with Gasteiger partial charge in [-0.3, -0.25) is 0 Å². The maximum Gasteiger partial charge on any atom is 0.338 e. The number of ether oxygens (including phenoxy) is 1. The lowest BCUT2D eigenvalue weighted by atomic mass is 10.3. The highest BCUT2D eigenvalue weighted by Gasteiger charge is 2.08. The molecule has 0 amide bonds. The molecule has 0 aliphatic rings. The first-order valence-corrected chi connectivity index (χ1v) is 6.24. The molecule has 0 fully saturated rings. The summed E-state index contributed by atoms with van der Waals surface area (Å²) in [6.45, 7) is 0.316. The number of carbonyl (C=O) groups excluding carboxylic acids is 1. The van der Waals surface area contributed by atoms with Crippen molar-refractivity contribution in [2.75, 3.05) is 0 Å². The average molecular weight is 298 g/mol. The molecule has 0 spiro atoms. The molecule has 0 aliphatic carbocycles. The number of carbonyl (C=O) groups is 1. The standard InChI is InChI=1S/C11H8BrNO2S/c12-10-6-8(3-4-13-10)11(14)15-7-9-2-1-5-16-9/h1-6H,7H2. The van der Waals surface area contributed by atoms with Crippen LogP contribution in [0.15, 0.2) is 40.4 Å². The number of aromatic nitrogens is 1. The van der Waals surface area contributed by atoms with E-state index < -0.39 is 0 Å². The molecule has 2 aromatic rings. The third kappa shape index (κ3) is 2.90. The van der Waals surface area contributed by atoms with Crippen LogP contribution in [0, 0.1) is 0 Å². The number of esters is 1. The fourth-order valence-electron chi connectivity index (χ4n) is 1.14. The summed E-state index contributed by atoms with van der Waals surface area (Å²) < 4.78 is 5.77. The molecular formula is C11H8BrNO2S. The Kier molecular flexibility index (Phi) is 3.69. The lowest BCUT2D eigenvalue weighted by molar-refractivity contribution is 0.0476. The minimum absolute atomic E-state index is 0.316. The molecule has 5 heteroatoms. The Bertz CT molecular complexity index is 484. The van der Waals surface area contributed by atoms with Gasteiger partial charge in [0, 0.05) is 11.1 Å². The van der Waals surface area contributed by atoms with Crippen molar-refractivity contribution in [1.29, 1.82) is 0 Å². The Morgan fingerprint density at radius 3 is 3.06 bits per heavy atom. The summed E-state index contributed by atoms with van der Waals surface area (Å²) in [5, 5.41) is 1.95. The Balaban J connectivity index is 1.98. The van der Waals surface area contributed by atoms with E-state index in [0.717, 1.165) is 4.88 Å². The molecule has 2 aromatic heterocycles. The van der Waals surface area contributed by atoms with E-state index in [1.807, 2.05) is 17.5 Å². The quantitative estimate of drug-likeness (QED) is 0.645. The molecular weight excluding hydrogens is 290 g/mol. The third-order valence-electron chi connectivity index (χ3n) is 1.89. The van der Waals surface area contributed by atoms with Crippen molar-refractivity contribution in [1.82, 2.24) is 4.98 Å². The molecule has 3 nitrogen and oxygen atoms in total. The summed E-state index contributed by atoms with van der Waals surface area (Å²) in [6, 6.07) is 7.12. The number of hydrogen-bond donors (Lipinski definition) is 0. The van der Waals surface area contributed by atoms with Crippen LogP contribution >= 0.6 is 27.3 Å². The van der Waals surface area contributed by atoms with E-state index >= 15 is 0 Å². The van der Waals surface area contributed by atoms with E-state index in [9.17, 15) is 4.79 Å². The number of rotatable bonds is 3. The SMILES string of the molecule is O=C(OCc1cccs1)c1ccnc(Br)c1. The number of pyridine rings is 1. The second-order valence-corrected chi connectivity index (χ2v) is 4.87. The molecule has 0 saturated carbocycles. The van der Waals surface area contributed by atoms with Crippen LogP contribution in [0.5, 0.6) is 0 Å². The van der Waals surface area contributed by atoms with Gasteiger partial charge in [0.1, 0.15) is 11.2 Å². The van der Waals surface area contributed by atoms with Crippen LogP contribution in [0.25, 0.3) is 0 Å². The molecule has 0 atom stereocenters. The molecule has 2 rings (SSSR count). The molecule has 0 N–H and O–H groups in total. The number of halogens is 1. The summed E-state index contributed by atoms with van der Waals surface area (Å²) in [5.74, 6) is -0.337. The largest absolute Gasteiger partial charge is 0.456 e. The van der Waals surface area contributed by atoms with Gasteiger partial charge in [0.25, 0.3) is 0 Å². The zero-order valence-electron chi connectivity index (χ0n) is 8.22. The van der Waals surface area contributed by atoms with Gasteiger partial charge in [-0.05, 0) is 39.5 Å². The average Bonchev–Trinajstić information content (AvgIpc) is 2.78. The molecule has 2 heterocycles. The summed E-state index contributed by atoms with van der Waals surface area (Å²) in [7, 11) is 0. The van der Waals surface area contributed by atoms with Crippen LogP contribution in [0.3, 0.4) is 0 Å². The van der Waals surface area contributed by atoms with Crippen molar-refractivity contribution in [3.8, 4) is 0 Å². The zero-order valence-corrected chi connectivity index (χ0v) is 10.6. The smallest absolute Gasteiger partial charge is 0.338 e. The van der Waals surface area contributed by atoms with Crippen molar-refractivity contribution < 1.29 is 9.53 Å². The van der Waals surface area contributed by atoms with Crippen LogP contribution in [0.4, 0.5) is 0 Å². The minimum atomic E-state index is -0.337. The third-order valence-corrected chi connectivity index (χ3v) is 3.17. The molecule has 0 unspecified atom stereocenters. The van der Waals surface area contributed by atoms with Gasteiger partial charge >= 0.3 is 5.97 Å². The maximum absolute atomic E-state index is 11.6. The van der Waals surface area contributed by atoms with Gasteiger partial charge < -0.3 is 4.74 Å². The first-order chi connectivity index (χ1) is 7.75. The molecule has 0 radical (unpaired) electrons. The zero-order chi connectivity index (χ0) is 11.4. The van der Waals surface area contributed by atoms with Crippen LogP contribution in [0.2, 0.25) is 0 Å². The Hall–Kier alpha value is -1.20. The lowest BCUT2D eigenvalue weighted by Gasteiger charge is -2.02. The van der Waals surface area contributed by atoms with E-state index in [2.05, 4.69) is 20.9 Å². The predicted molar refractivity (Wildman–Crippen MR) is 65.4 cm³/mol. The van der Waals surface area contributed by atoms with Gasteiger partial charge in [0.15, 0.2) is 0 Å². The molecule has 0 aliphatic heterocycles. The predicted octanol–water partition coefficient (Wildman–Crippen LogP) is 3.26. The highest BCUT2D eigenvalue weighted by atomic mass is 79.9. The van der Waals surface area contributed by atoms with Gasteiger partial charge in [-0.15, -0.1) is 11.3 Å². The topological polar surface area (TPSA) is 39.2 Å². The highest BCUT2D eigenvalue weighted by Crippen LogP contribution is 2.13. The number of nitrogens with zero attached hydrogens (tertiary/aromatic N) is 1. The van der Waals surface area contributed by atoms with Gasteiger partial charge in [-0.2, -0.15) is 0 Å². The second kappa shape index (κ2) is 5.23. The summed E-state index contributed by atoms with van der Waals surface area (Å²) in [4.78, 5) is 16.6. The van der Waals surface area contributed by atoms with E-state index in [-0.39, 0.29) is 5.97 Å². The summed E-state index contributed by atoms with van der Waals surface area (Å²) in [6.07, 6.45) is 1.56. The van der Waals surface area contributed by atoms with Crippen LogP contribution < -0.4 is 0 Å². The normalized spacial score (nSPS) is 10.1. The maximum atomic E-state index is 11.6. The highest BCUT2D eigenvalue weighted by molar-refractivity contribution is 9.10. The van der Waals surface area contributed by atoms with Gasteiger partial charge in [0.05, 0.1) is 5.56 Å². The number of hydrogen-bond acceptors (Lipinski definition) is 4. The Morgan fingerprint density at radius 1 is 1.50 bits per heavy atom. The first-order valence-electron chi connectivity index (χ1n) is 4.57. The van der Waals surface area contributed by atoms with Gasteiger partial charge in [-0.25, -0.2) is 9.78 Å². The van der Waals surface area contributed by atoms with E-state index in [1.165, 1.54) is 0 Å². The van der Waals surface area contributed by atoms with Gasteiger partial charge in [-0.1, -0.05) is 6.07 Å². The summed E-state index contributed by atoms with van der Waals surface area (Å²) >= 11 is 4.77. The van der Waals surface area contributed by atoms with Crippen molar-refractivity contribution in [3.05, 3.63) is 50.9 Å². The van der Waals surface area contributed by atoms with Crippen molar-refractivity contribution >= 4 is 33.2 Å². The van der Waals surface area contributed by atoms with Crippen LogP contribution in [-0.4, -0.2) is 11.0 Å². The molecule has 0 aromatic carbocycles. The van der Waals surface area contributed by atoms with Crippen LogP contribution in [0.1, 0.15) is 15.2 Å². The monoisotopic (exact) mass is 297 g/mol. The number of thiophene rings is 1. The van der Waals surface area contributed by atoms with Gasteiger partial charge in [0.2, 0.25) is 0 Å². The minimum Gasteiger partial charge on any atom is -0.456 e. The lowest BCUT2D eigenvalue weighted by Crippen LogP contribution is -2.04. The van der Waals surface area contributed by atoms with Crippen molar-refractivity contribution in [2.24, 2.45) is 0 Å². The second-order valence-electron chi connectivity index (χ2n) is 3.02. The Morgan fingerprint density at radius 2 is 2.38 bits per heavy atom. The molecule has 0 bridgehead atoms. The fourth-order valence-corrected chi connectivity index (χ4v) is 2.13. The van der Waals surface area contributed by atoms with E-state index in [1.54, 1.807) is 29.7 Å². The van der Waals surface area contributed by atoms with E-state index in [0.29, 0.717) is 16.8 Å². The fraction of sp³-hybridized carbons (Fsp3) is 0.0909. The molecule has 0 saturated heterocycles. The first kappa shape index (κ1) is 11.3. The Labute approximate surface area is 105 Å². The van der Waals surface area contributed by atoms with E-state index in [4.69, 9.17) is 4.74 Å².